The van der Waals surface area contributed by atoms with Crippen LogP contribution in [0.25, 0.3) is 0 Å². The lowest BCUT2D eigenvalue weighted by atomic mass is 9.81. The minimum atomic E-state index is -0.387. The van der Waals surface area contributed by atoms with Gasteiger partial charge in [-0.3, -0.25) is 0 Å². The average Bonchev–Trinajstić information content (AvgIpc) is 2.61. The molecule has 24 heavy (non-hydrogen) atoms. The van der Waals surface area contributed by atoms with E-state index in [9.17, 15) is 0 Å². The van der Waals surface area contributed by atoms with Crippen molar-refractivity contribution in [2.75, 3.05) is 20.2 Å². The molecule has 1 heterocycles. The molecule has 0 saturated heterocycles. The second kappa shape index (κ2) is 6.78. The van der Waals surface area contributed by atoms with Crippen LogP contribution in [0.4, 0.5) is 5.69 Å². The molecule has 0 amide bonds. The summed E-state index contributed by atoms with van der Waals surface area (Å²) in [4.78, 5) is 6.74. The van der Waals surface area contributed by atoms with E-state index in [1.165, 1.54) is 22.3 Å². The van der Waals surface area contributed by atoms with Crippen LogP contribution in [0.3, 0.4) is 0 Å². The Morgan fingerprint density at radius 2 is 2.00 bits per heavy atom. The molecule has 3 heteroatoms. The van der Waals surface area contributed by atoms with E-state index in [-0.39, 0.29) is 5.60 Å². The number of ether oxygens (including phenoxy) is 1. The van der Waals surface area contributed by atoms with E-state index in [0.717, 1.165) is 25.3 Å². The third kappa shape index (κ3) is 3.09. The standard InChI is InChI=1S/C21H26N2O/c1-5-23(4)15-22-20-14-17-11-12-24-21(3,19(17)13-16(20)2)18-9-7-6-8-10-18/h6-10,13-15H,5,11-12H2,1-4H3/b22-15+/t21-/m0/s1. The van der Waals surface area contributed by atoms with Crippen molar-refractivity contribution in [1.82, 2.24) is 4.90 Å². The zero-order chi connectivity index (χ0) is 17.2. The Morgan fingerprint density at radius 1 is 1.25 bits per heavy atom. The monoisotopic (exact) mass is 322 g/mol. The highest BCUT2D eigenvalue weighted by atomic mass is 16.5. The van der Waals surface area contributed by atoms with Crippen LogP contribution in [-0.2, 0) is 16.8 Å². The molecule has 1 aliphatic heterocycles. The number of hydrogen-bond donors (Lipinski definition) is 0. The predicted molar refractivity (Wildman–Crippen MR) is 100 cm³/mol. The smallest absolute Gasteiger partial charge is 0.116 e. The molecule has 126 valence electrons. The molecule has 0 spiro atoms. The van der Waals surface area contributed by atoms with Crippen LogP contribution in [-0.4, -0.2) is 31.4 Å². The normalized spacial score (nSPS) is 20.2. The van der Waals surface area contributed by atoms with E-state index in [1.807, 2.05) is 19.5 Å². The summed E-state index contributed by atoms with van der Waals surface area (Å²) >= 11 is 0. The summed E-state index contributed by atoms with van der Waals surface area (Å²) in [5.74, 6) is 0. The topological polar surface area (TPSA) is 24.8 Å². The largest absolute Gasteiger partial charge is 0.366 e. The Balaban J connectivity index is 2.04. The number of nitrogens with zero attached hydrogens (tertiary/aromatic N) is 2. The summed E-state index contributed by atoms with van der Waals surface area (Å²) in [5.41, 5.74) is 5.65. The molecule has 2 aromatic rings. The Bertz CT molecular complexity index is 739. The van der Waals surface area contributed by atoms with Gasteiger partial charge in [-0.1, -0.05) is 36.4 Å². The second-order valence-corrected chi connectivity index (χ2v) is 6.61. The van der Waals surface area contributed by atoms with E-state index in [1.54, 1.807) is 0 Å². The van der Waals surface area contributed by atoms with Gasteiger partial charge in [0.25, 0.3) is 0 Å². The summed E-state index contributed by atoms with van der Waals surface area (Å²) in [6.45, 7) is 8.10. The minimum Gasteiger partial charge on any atom is -0.366 e. The highest BCUT2D eigenvalue weighted by Gasteiger charge is 2.35. The molecule has 0 aliphatic carbocycles. The fourth-order valence-electron chi connectivity index (χ4n) is 3.21. The van der Waals surface area contributed by atoms with E-state index in [0.29, 0.717) is 0 Å². The van der Waals surface area contributed by atoms with Gasteiger partial charge in [0.2, 0.25) is 0 Å². The average molecular weight is 322 g/mol. The van der Waals surface area contributed by atoms with Crippen LogP contribution >= 0.6 is 0 Å². The number of fused-ring (bicyclic) bond motifs is 1. The lowest BCUT2D eigenvalue weighted by Crippen LogP contribution is -2.33. The first-order valence-electron chi connectivity index (χ1n) is 8.62. The molecule has 3 nitrogen and oxygen atoms in total. The van der Waals surface area contributed by atoms with E-state index >= 15 is 0 Å². The fourth-order valence-corrected chi connectivity index (χ4v) is 3.21. The summed E-state index contributed by atoms with van der Waals surface area (Å²) in [5, 5.41) is 0. The van der Waals surface area contributed by atoms with Gasteiger partial charge in [0.15, 0.2) is 0 Å². The molecule has 0 saturated carbocycles. The first-order chi connectivity index (χ1) is 11.5. The fraction of sp³-hybridized carbons (Fsp3) is 0.381. The van der Waals surface area contributed by atoms with Crippen molar-refractivity contribution in [3.63, 3.8) is 0 Å². The van der Waals surface area contributed by atoms with E-state index in [4.69, 9.17) is 4.74 Å². The Morgan fingerprint density at radius 3 is 2.71 bits per heavy atom. The maximum Gasteiger partial charge on any atom is 0.116 e. The molecular formula is C21H26N2O. The zero-order valence-corrected chi connectivity index (χ0v) is 15.0. The number of benzene rings is 2. The number of aryl methyl sites for hydroxylation is 1. The number of hydrogen-bond acceptors (Lipinski definition) is 2. The van der Waals surface area contributed by atoms with Crippen molar-refractivity contribution in [1.29, 1.82) is 0 Å². The van der Waals surface area contributed by atoms with E-state index in [2.05, 4.69) is 67.1 Å². The third-order valence-electron chi connectivity index (χ3n) is 4.92. The van der Waals surface area contributed by atoms with Crippen LogP contribution in [0, 0.1) is 6.92 Å². The van der Waals surface area contributed by atoms with Gasteiger partial charge in [-0.25, -0.2) is 4.99 Å². The van der Waals surface area contributed by atoms with Gasteiger partial charge in [-0.05, 0) is 55.5 Å². The van der Waals surface area contributed by atoms with Gasteiger partial charge < -0.3 is 9.64 Å². The third-order valence-corrected chi connectivity index (χ3v) is 4.92. The van der Waals surface area contributed by atoms with Crippen molar-refractivity contribution in [2.24, 2.45) is 4.99 Å². The van der Waals surface area contributed by atoms with Crippen molar-refractivity contribution >= 4 is 12.0 Å². The molecule has 2 aromatic carbocycles. The highest BCUT2D eigenvalue weighted by molar-refractivity contribution is 5.64. The molecule has 0 radical (unpaired) electrons. The zero-order valence-electron chi connectivity index (χ0n) is 15.0. The first kappa shape index (κ1) is 16.7. The Hall–Kier alpha value is -2.13. The lowest BCUT2D eigenvalue weighted by Gasteiger charge is -2.37. The van der Waals surface area contributed by atoms with Gasteiger partial charge in [-0.2, -0.15) is 0 Å². The van der Waals surface area contributed by atoms with Crippen LogP contribution in [0.5, 0.6) is 0 Å². The van der Waals surface area contributed by atoms with Crippen molar-refractivity contribution in [3.8, 4) is 0 Å². The molecule has 0 unspecified atom stereocenters. The molecular weight excluding hydrogens is 296 g/mol. The van der Waals surface area contributed by atoms with E-state index < -0.39 is 0 Å². The maximum atomic E-state index is 6.24. The summed E-state index contributed by atoms with van der Waals surface area (Å²) in [6, 6.07) is 15.0. The maximum absolute atomic E-state index is 6.24. The predicted octanol–water partition coefficient (Wildman–Crippen LogP) is 4.44. The minimum absolute atomic E-state index is 0.387. The van der Waals surface area contributed by atoms with Crippen LogP contribution in [0.1, 0.15) is 36.1 Å². The van der Waals surface area contributed by atoms with Crippen LogP contribution < -0.4 is 0 Å². The summed E-state index contributed by atoms with van der Waals surface area (Å²) in [6.07, 6.45) is 2.84. The molecule has 0 aromatic heterocycles. The molecule has 0 bridgehead atoms. The first-order valence-corrected chi connectivity index (χ1v) is 8.62. The van der Waals surface area contributed by atoms with Crippen molar-refractivity contribution in [3.05, 3.63) is 64.7 Å². The highest BCUT2D eigenvalue weighted by Crippen LogP contribution is 2.41. The van der Waals surface area contributed by atoms with Crippen molar-refractivity contribution in [2.45, 2.75) is 32.8 Å². The molecule has 0 N–H and O–H groups in total. The van der Waals surface area contributed by atoms with Crippen molar-refractivity contribution < 1.29 is 4.74 Å². The quantitative estimate of drug-likeness (QED) is 0.614. The molecule has 1 atom stereocenters. The molecule has 0 fully saturated rings. The SMILES string of the molecule is CCN(C)/C=N/c1cc2c(cc1C)[C@](C)(c1ccccc1)OCC2. The second-order valence-electron chi connectivity index (χ2n) is 6.61. The Kier molecular flexibility index (Phi) is 4.72. The van der Waals surface area contributed by atoms with Crippen LogP contribution in [0.2, 0.25) is 0 Å². The molecule has 1 aliphatic rings. The lowest BCUT2D eigenvalue weighted by molar-refractivity contribution is -0.0141. The Labute approximate surface area is 145 Å². The van der Waals surface area contributed by atoms with Gasteiger partial charge >= 0.3 is 0 Å². The van der Waals surface area contributed by atoms with Gasteiger partial charge in [-0.15, -0.1) is 0 Å². The summed E-state index contributed by atoms with van der Waals surface area (Å²) < 4.78 is 6.24. The van der Waals surface area contributed by atoms with Gasteiger partial charge in [0.1, 0.15) is 5.60 Å². The number of aliphatic imine (C=N–C) groups is 1. The van der Waals surface area contributed by atoms with Gasteiger partial charge in [0.05, 0.1) is 18.6 Å². The summed E-state index contributed by atoms with van der Waals surface area (Å²) in [7, 11) is 2.04. The van der Waals surface area contributed by atoms with Crippen LogP contribution in [0.15, 0.2) is 47.5 Å². The molecule has 3 rings (SSSR count). The number of rotatable bonds is 4. The van der Waals surface area contributed by atoms with Gasteiger partial charge in [0, 0.05) is 13.6 Å².